The molecule has 1 saturated carbocycles. The lowest BCUT2D eigenvalue weighted by Gasteiger charge is -2.19. The number of carbonyl (C=O) groups excluding carboxylic acids is 1. The predicted molar refractivity (Wildman–Crippen MR) is 68.5 cm³/mol. The second kappa shape index (κ2) is 4.01. The fraction of sp³-hybridized carbons (Fsp3) is 0.533. The molecule has 0 saturated heterocycles. The normalized spacial score (nSPS) is 20.2. The van der Waals surface area contributed by atoms with Crippen molar-refractivity contribution in [1.82, 2.24) is 0 Å². The van der Waals surface area contributed by atoms with Gasteiger partial charge in [0.1, 0.15) is 11.5 Å². The van der Waals surface area contributed by atoms with E-state index in [1.807, 2.05) is 12.1 Å². The number of rotatable bonds is 2. The minimum absolute atomic E-state index is 0.162. The van der Waals surface area contributed by atoms with Crippen molar-refractivity contribution in [3.05, 3.63) is 23.3 Å². The fourth-order valence-electron chi connectivity index (χ4n) is 3.53. The molecule has 1 spiro atoms. The number of ether oxygens (including phenoxy) is 2. The molecular formula is C15H18O3. The molecule has 3 heteroatoms. The molecule has 3 rings (SSSR count). The lowest BCUT2D eigenvalue weighted by molar-refractivity contribution is 0.0824. The zero-order valence-electron chi connectivity index (χ0n) is 10.9. The highest BCUT2D eigenvalue weighted by atomic mass is 16.5. The molecule has 0 heterocycles. The van der Waals surface area contributed by atoms with Crippen LogP contribution < -0.4 is 9.47 Å². The van der Waals surface area contributed by atoms with E-state index in [4.69, 9.17) is 9.47 Å². The van der Waals surface area contributed by atoms with Gasteiger partial charge in [0, 0.05) is 11.0 Å². The quantitative estimate of drug-likeness (QED) is 0.804. The van der Waals surface area contributed by atoms with E-state index in [1.54, 1.807) is 14.2 Å². The molecular weight excluding hydrogens is 228 g/mol. The summed E-state index contributed by atoms with van der Waals surface area (Å²) in [6.07, 6.45) is 5.15. The molecule has 0 atom stereocenters. The van der Waals surface area contributed by atoms with Crippen LogP contribution in [0.1, 0.15) is 41.6 Å². The van der Waals surface area contributed by atoms with Crippen LogP contribution in [0.15, 0.2) is 12.1 Å². The second-order valence-electron chi connectivity index (χ2n) is 5.32. The van der Waals surface area contributed by atoms with Gasteiger partial charge in [-0.15, -0.1) is 0 Å². The van der Waals surface area contributed by atoms with E-state index in [9.17, 15) is 4.79 Å². The fourth-order valence-corrected chi connectivity index (χ4v) is 3.53. The van der Waals surface area contributed by atoms with E-state index in [0.717, 1.165) is 49.0 Å². The van der Waals surface area contributed by atoms with Crippen LogP contribution in [0.4, 0.5) is 0 Å². The highest BCUT2D eigenvalue weighted by Gasteiger charge is 2.49. The van der Waals surface area contributed by atoms with Crippen molar-refractivity contribution in [3.8, 4) is 11.5 Å². The minimum atomic E-state index is -0.162. The Morgan fingerprint density at radius 3 is 2.28 bits per heavy atom. The molecule has 18 heavy (non-hydrogen) atoms. The number of hydrogen-bond donors (Lipinski definition) is 0. The summed E-state index contributed by atoms with van der Waals surface area (Å²) in [5, 5.41) is 0. The minimum Gasteiger partial charge on any atom is -0.496 e. The standard InChI is InChI=1S/C15H18O3/c1-17-11-5-6-12(18-2)13-10(11)9-15(14(13)16)7-3-4-8-15/h5-6H,3-4,7-9H2,1-2H3. The third-order valence-corrected chi connectivity index (χ3v) is 4.46. The molecule has 0 bridgehead atoms. The zero-order chi connectivity index (χ0) is 12.8. The first-order chi connectivity index (χ1) is 8.72. The number of fused-ring (bicyclic) bond motifs is 1. The van der Waals surface area contributed by atoms with Gasteiger partial charge in [0.2, 0.25) is 0 Å². The van der Waals surface area contributed by atoms with Crippen molar-refractivity contribution >= 4 is 5.78 Å². The molecule has 0 unspecified atom stereocenters. The van der Waals surface area contributed by atoms with E-state index in [2.05, 4.69) is 0 Å². The van der Waals surface area contributed by atoms with Crippen LogP contribution in [0.3, 0.4) is 0 Å². The van der Waals surface area contributed by atoms with Crippen molar-refractivity contribution in [1.29, 1.82) is 0 Å². The summed E-state index contributed by atoms with van der Waals surface area (Å²) in [5.41, 5.74) is 1.65. The number of methoxy groups -OCH3 is 2. The number of ketones is 1. The SMILES string of the molecule is COc1ccc(OC)c2c1CC1(CCCC1)C2=O. The Balaban J connectivity index is 2.15. The van der Waals surface area contributed by atoms with Crippen LogP contribution in [-0.2, 0) is 6.42 Å². The molecule has 3 nitrogen and oxygen atoms in total. The highest BCUT2D eigenvalue weighted by Crippen LogP contribution is 2.52. The lowest BCUT2D eigenvalue weighted by Crippen LogP contribution is -2.24. The molecule has 2 aliphatic rings. The Morgan fingerprint density at radius 1 is 1.06 bits per heavy atom. The number of hydrogen-bond acceptors (Lipinski definition) is 3. The van der Waals surface area contributed by atoms with E-state index >= 15 is 0 Å². The van der Waals surface area contributed by atoms with Gasteiger partial charge in [0.15, 0.2) is 5.78 Å². The van der Waals surface area contributed by atoms with Crippen LogP contribution in [0.2, 0.25) is 0 Å². The summed E-state index contributed by atoms with van der Waals surface area (Å²) in [7, 11) is 3.28. The van der Waals surface area contributed by atoms with Gasteiger partial charge in [-0.25, -0.2) is 0 Å². The molecule has 0 aromatic heterocycles. The van der Waals surface area contributed by atoms with Gasteiger partial charge in [-0.2, -0.15) is 0 Å². The van der Waals surface area contributed by atoms with Crippen LogP contribution >= 0.6 is 0 Å². The van der Waals surface area contributed by atoms with Crippen molar-refractivity contribution in [2.24, 2.45) is 5.41 Å². The van der Waals surface area contributed by atoms with Gasteiger partial charge in [-0.1, -0.05) is 12.8 Å². The van der Waals surface area contributed by atoms with E-state index in [0.29, 0.717) is 5.75 Å². The molecule has 96 valence electrons. The van der Waals surface area contributed by atoms with Crippen LogP contribution in [0, 0.1) is 5.41 Å². The van der Waals surface area contributed by atoms with Gasteiger partial charge in [-0.05, 0) is 31.4 Å². The monoisotopic (exact) mass is 246 g/mol. The maximum Gasteiger partial charge on any atom is 0.173 e. The summed E-state index contributed by atoms with van der Waals surface area (Å²) in [6, 6.07) is 3.74. The van der Waals surface area contributed by atoms with E-state index in [1.165, 1.54) is 0 Å². The number of benzene rings is 1. The Labute approximate surface area is 107 Å². The predicted octanol–water partition coefficient (Wildman–Crippen LogP) is 3.00. The Hall–Kier alpha value is -1.51. The summed E-state index contributed by atoms with van der Waals surface area (Å²) in [5.74, 6) is 1.79. The first-order valence-electron chi connectivity index (χ1n) is 6.50. The molecule has 0 aliphatic heterocycles. The molecule has 0 radical (unpaired) electrons. The molecule has 0 N–H and O–H groups in total. The summed E-state index contributed by atoms with van der Waals surface area (Å²) < 4.78 is 10.8. The van der Waals surface area contributed by atoms with E-state index in [-0.39, 0.29) is 11.2 Å². The maximum atomic E-state index is 12.7. The lowest BCUT2D eigenvalue weighted by atomic mass is 9.82. The smallest absolute Gasteiger partial charge is 0.173 e. The van der Waals surface area contributed by atoms with Gasteiger partial charge >= 0.3 is 0 Å². The van der Waals surface area contributed by atoms with E-state index < -0.39 is 0 Å². The topological polar surface area (TPSA) is 35.5 Å². The number of Topliss-reactive ketones (excluding diaryl/α,β-unsaturated/α-hetero) is 1. The van der Waals surface area contributed by atoms with Crippen molar-refractivity contribution < 1.29 is 14.3 Å². The maximum absolute atomic E-state index is 12.7. The third kappa shape index (κ3) is 1.39. The molecule has 1 fully saturated rings. The third-order valence-electron chi connectivity index (χ3n) is 4.46. The van der Waals surface area contributed by atoms with Crippen LogP contribution in [-0.4, -0.2) is 20.0 Å². The average Bonchev–Trinajstić information content (AvgIpc) is 2.97. The van der Waals surface area contributed by atoms with Gasteiger partial charge in [0.05, 0.1) is 19.8 Å². The van der Waals surface area contributed by atoms with Gasteiger partial charge < -0.3 is 9.47 Å². The van der Waals surface area contributed by atoms with Gasteiger partial charge in [-0.3, -0.25) is 4.79 Å². The van der Waals surface area contributed by atoms with Gasteiger partial charge in [0.25, 0.3) is 0 Å². The summed E-state index contributed by atoms with van der Waals surface area (Å²) in [4.78, 5) is 12.7. The second-order valence-corrected chi connectivity index (χ2v) is 5.32. The van der Waals surface area contributed by atoms with Crippen molar-refractivity contribution in [2.75, 3.05) is 14.2 Å². The van der Waals surface area contributed by atoms with Crippen molar-refractivity contribution in [2.45, 2.75) is 32.1 Å². The number of carbonyl (C=O) groups is 1. The Kier molecular flexibility index (Phi) is 2.58. The zero-order valence-corrected chi connectivity index (χ0v) is 10.9. The first-order valence-corrected chi connectivity index (χ1v) is 6.50. The molecule has 1 aromatic rings. The van der Waals surface area contributed by atoms with Crippen LogP contribution in [0.5, 0.6) is 11.5 Å². The first kappa shape index (κ1) is 11.6. The Bertz CT molecular complexity index is 499. The molecule has 1 aromatic carbocycles. The molecule has 0 amide bonds. The van der Waals surface area contributed by atoms with Crippen molar-refractivity contribution in [3.63, 3.8) is 0 Å². The average molecular weight is 246 g/mol. The molecule has 2 aliphatic carbocycles. The summed E-state index contributed by atoms with van der Waals surface area (Å²) in [6.45, 7) is 0. The Morgan fingerprint density at radius 2 is 1.67 bits per heavy atom. The largest absolute Gasteiger partial charge is 0.496 e. The highest BCUT2D eigenvalue weighted by molar-refractivity contribution is 6.08. The van der Waals surface area contributed by atoms with Crippen LogP contribution in [0.25, 0.3) is 0 Å². The summed E-state index contributed by atoms with van der Waals surface area (Å²) >= 11 is 0.